The first-order valence-electron chi connectivity index (χ1n) is 4.60. The van der Waals surface area contributed by atoms with Crippen molar-refractivity contribution in [2.24, 2.45) is 0 Å². The Balaban J connectivity index is 2.78. The maximum Gasteiger partial charge on any atom is 0.239 e. The molecule has 82 valence electrons. The highest BCUT2D eigenvalue weighted by molar-refractivity contribution is 9.10. The van der Waals surface area contributed by atoms with Gasteiger partial charge in [-0.2, -0.15) is 0 Å². The molecule has 1 aromatic rings. The van der Waals surface area contributed by atoms with Crippen LogP contribution in [0.1, 0.15) is 6.92 Å². The molecule has 0 radical (unpaired) electrons. The average molecular weight is 273 g/mol. The molecule has 1 amide bonds. The number of rotatable bonds is 4. The third-order valence-electron chi connectivity index (χ3n) is 1.94. The van der Waals surface area contributed by atoms with Gasteiger partial charge in [-0.3, -0.25) is 4.79 Å². The van der Waals surface area contributed by atoms with Gasteiger partial charge in [0.05, 0.1) is 6.54 Å². The minimum atomic E-state index is -0.0356. The summed E-state index contributed by atoms with van der Waals surface area (Å²) in [5, 5.41) is 2.58. The van der Waals surface area contributed by atoms with Crippen LogP contribution >= 0.6 is 15.9 Å². The molecule has 1 N–H and O–H groups in total. The van der Waals surface area contributed by atoms with Crippen LogP contribution < -0.4 is 10.2 Å². The number of aromatic nitrogens is 2. The van der Waals surface area contributed by atoms with E-state index in [-0.39, 0.29) is 5.91 Å². The van der Waals surface area contributed by atoms with E-state index >= 15 is 0 Å². The van der Waals surface area contributed by atoms with Gasteiger partial charge in [0.25, 0.3) is 0 Å². The zero-order valence-corrected chi connectivity index (χ0v) is 10.3. The van der Waals surface area contributed by atoms with Crippen molar-refractivity contribution >= 4 is 27.7 Å². The predicted octanol–water partition coefficient (Wildman–Crippen LogP) is 0.811. The van der Waals surface area contributed by atoms with Gasteiger partial charge >= 0.3 is 0 Å². The van der Waals surface area contributed by atoms with E-state index < -0.39 is 0 Å². The minimum absolute atomic E-state index is 0.0356. The Morgan fingerprint density at radius 1 is 1.60 bits per heavy atom. The number of hydrogen-bond donors (Lipinski definition) is 1. The van der Waals surface area contributed by atoms with Gasteiger partial charge in [-0.05, 0) is 22.9 Å². The number of hydrogen-bond acceptors (Lipinski definition) is 4. The van der Waals surface area contributed by atoms with Crippen LogP contribution in [0.25, 0.3) is 0 Å². The largest absolute Gasteiger partial charge is 0.358 e. The van der Waals surface area contributed by atoms with Gasteiger partial charge in [0, 0.05) is 19.7 Å². The summed E-state index contributed by atoms with van der Waals surface area (Å²) in [4.78, 5) is 21.1. The van der Waals surface area contributed by atoms with Gasteiger partial charge in [-0.1, -0.05) is 0 Å². The van der Waals surface area contributed by atoms with Crippen LogP contribution in [-0.4, -0.2) is 36.0 Å². The zero-order valence-electron chi connectivity index (χ0n) is 8.70. The Morgan fingerprint density at radius 2 is 2.33 bits per heavy atom. The van der Waals surface area contributed by atoms with Crippen LogP contribution in [0.15, 0.2) is 17.0 Å². The van der Waals surface area contributed by atoms with Gasteiger partial charge in [0.2, 0.25) is 5.91 Å². The topological polar surface area (TPSA) is 58.1 Å². The summed E-state index contributed by atoms with van der Waals surface area (Å²) in [7, 11) is 1.62. The van der Waals surface area contributed by atoms with Gasteiger partial charge in [0.1, 0.15) is 16.7 Å². The van der Waals surface area contributed by atoms with Crippen LogP contribution in [0.4, 0.5) is 5.82 Å². The molecule has 6 heteroatoms. The first-order chi connectivity index (χ1) is 7.17. The number of nitrogens with one attached hydrogen (secondary N) is 1. The van der Waals surface area contributed by atoms with E-state index in [9.17, 15) is 4.79 Å². The van der Waals surface area contributed by atoms with Crippen molar-refractivity contribution in [3.63, 3.8) is 0 Å². The third kappa shape index (κ3) is 3.47. The second-order valence-corrected chi connectivity index (χ2v) is 3.70. The minimum Gasteiger partial charge on any atom is -0.358 e. The fourth-order valence-electron chi connectivity index (χ4n) is 1.10. The highest BCUT2D eigenvalue weighted by Gasteiger charge is 2.10. The zero-order chi connectivity index (χ0) is 11.3. The average Bonchev–Trinajstić information content (AvgIpc) is 2.25. The quantitative estimate of drug-likeness (QED) is 0.825. The summed E-state index contributed by atoms with van der Waals surface area (Å²) in [5.74, 6) is 0.703. The third-order valence-corrected chi connectivity index (χ3v) is 2.37. The molecule has 0 fully saturated rings. The van der Waals surface area contributed by atoms with Crippen LogP contribution in [0, 0.1) is 0 Å². The number of amides is 1. The molecule has 1 heterocycles. The molecule has 0 unspecified atom stereocenters. The molecule has 1 rings (SSSR count). The molecular formula is C9H13BrN4O. The molecule has 0 atom stereocenters. The Morgan fingerprint density at radius 3 is 2.87 bits per heavy atom. The van der Waals surface area contributed by atoms with E-state index in [4.69, 9.17) is 0 Å². The number of halogens is 1. The second kappa shape index (κ2) is 5.65. The van der Waals surface area contributed by atoms with Crippen molar-refractivity contribution in [3.05, 3.63) is 17.0 Å². The van der Waals surface area contributed by atoms with E-state index in [1.54, 1.807) is 13.1 Å². The van der Waals surface area contributed by atoms with Gasteiger partial charge in [-0.15, -0.1) is 0 Å². The number of carbonyl (C=O) groups is 1. The summed E-state index contributed by atoms with van der Waals surface area (Å²) in [5.41, 5.74) is 0. The van der Waals surface area contributed by atoms with Crippen LogP contribution in [-0.2, 0) is 4.79 Å². The van der Waals surface area contributed by atoms with Crippen molar-refractivity contribution < 1.29 is 4.79 Å². The SMILES string of the molecule is CCN(CC(=O)NC)c1cc(Br)ncn1. The molecule has 0 spiro atoms. The molecular weight excluding hydrogens is 260 g/mol. The lowest BCUT2D eigenvalue weighted by atomic mass is 10.4. The van der Waals surface area contributed by atoms with E-state index in [1.807, 2.05) is 11.8 Å². The summed E-state index contributed by atoms with van der Waals surface area (Å²) in [6.07, 6.45) is 1.46. The summed E-state index contributed by atoms with van der Waals surface area (Å²) in [6.45, 7) is 2.99. The Kier molecular flexibility index (Phi) is 4.48. The normalized spacial score (nSPS) is 9.80. The maximum absolute atomic E-state index is 11.2. The summed E-state index contributed by atoms with van der Waals surface area (Å²) in [6, 6.07) is 1.78. The Labute approximate surface area is 97.0 Å². The van der Waals surface area contributed by atoms with E-state index in [1.165, 1.54) is 6.33 Å². The Bertz CT molecular complexity index is 345. The standard InChI is InChI=1S/C9H13BrN4O/c1-3-14(5-9(15)11-2)8-4-7(10)12-6-13-8/h4,6H,3,5H2,1-2H3,(H,11,15). The fraction of sp³-hybridized carbons (Fsp3) is 0.444. The molecule has 0 aliphatic heterocycles. The molecule has 1 aromatic heterocycles. The molecule has 0 aliphatic carbocycles. The summed E-state index contributed by atoms with van der Waals surface area (Å²) < 4.78 is 0.711. The van der Waals surface area contributed by atoms with E-state index in [0.717, 1.165) is 12.4 Å². The lowest BCUT2D eigenvalue weighted by molar-refractivity contribution is -0.119. The Hall–Kier alpha value is -1.17. The van der Waals surface area contributed by atoms with Crippen molar-refractivity contribution in [2.75, 3.05) is 25.0 Å². The van der Waals surface area contributed by atoms with Crippen LogP contribution in [0.3, 0.4) is 0 Å². The lowest BCUT2D eigenvalue weighted by Gasteiger charge is -2.20. The van der Waals surface area contributed by atoms with E-state index in [2.05, 4.69) is 31.2 Å². The molecule has 0 aromatic carbocycles. The van der Waals surface area contributed by atoms with Crippen molar-refractivity contribution in [1.29, 1.82) is 0 Å². The molecule has 5 nitrogen and oxygen atoms in total. The molecule has 15 heavy (non-hydrogen) atoms. The number of anilines is 1. The van der Waals surface area contributed by atoms with Gasteiger partial charge in [0.15, 0.2) is 0 Å². The first kappa shape index (κ1) is 11.9. The highest BCUT2D eigenvalue weighted by Crippen LogP contribution is 2.13. The maximum atomic E-state index is 11.2. The van der Waals surface area contributed by atoms with Crippen molar-refractivity contribution in [2.45, 2.75) is 6.92 Å². The highest BCUT2D eigenvalue weighted by atomic mass is 79.9. The molecule has 0 saturated heterocycles. The van der Waals surface area contributed by atoms with Gasteiger partial charge < -0.3 is 10.2 Å². The first-order valence-corrected chi connectivity index (χ1v) is 5.39. The number of nitrogens with zero attached hydrogens (tertiary/aromatic N) is 3. The lowest BCUT2D eigenvalue weighted by Crippen LogP contribution is -2.36. The number of carbonyl (C=O) groups excluding carboxylic acids is 1. The molecule has 0 saturated carbocycles. The van der Waals surface area contributed by atoms with Crippen molar-refractivity contribution in [1.82, 2.24) is 15.3 Å². The predicted molar refractivity (Wildman–Crippen MR) is 61.7 cm³/mol. The van der Waals surface area contributed by atoms with E-state index in [0.29, 0.717) is 11.1 Å². The molecule has 0 bridgehead atoms. The number of likely N-dealkylation sites (N-methyl/N-ethyl adjacent to an activating group) is 2. The smallest absolute Gasteiger partial charge is 0.239 e. The summed E-state index contributed by atoms with van der Waals surface area (Å²) >= 11 is 3.26. The van der Waals surface area contributed by atoms with Crippen LogP contribution in [0.2, 0.25) is 0 Å². The fourth-order valence-corrected chi connectivity index (χ4v) is 1.40. The van der Waals surface area contributed by atoms with Gasteiger partial charge in [-0.25, -0.2) is 9.97 Å². The second-order valence-electron chi connectivity index (χ2n) is 2.89. The monoisotopic (exact) mass is 272 g/mol. The van der Waals surface area contributed by atoms with Crippen LogP contribution in [0.5, 0.6) is 0 Å². The molecule has 0 aliphatic rings. The van der Waals surface area contributed by atoms with Crippen molar-refractivity contribution in [3.8, 4) is 0 Å².